The van der Waals surface area contributed by atoms with Crippen LogP contribution in [0.3, 0.4) is 0 Å². The van der Waals surface area contributed by atoms with Crippen LogP contribution in [-0.2, 0) is 6.42 Å². The van der Waals surface area contributed by atoms with E-state index in [-0.39, 0.29) is 11.4 Å². The molecule has 0 amide bonds. The van der Waals surface area contributed by atoms with E-state index in [9.17, 15) is 15.2 Å². The van der Waals surface area contributed by atoms with Crippen molar-refractivity contribution >= 4 is 5.69 Å². The van der Waals surface area contributed by atoms with Gasteiger partial charge in [-0.05, 0) is 12.5 Å². The lowest BCUT2D eigenvalue weighted by Gasteiger charge is -2.01. The molecule has 0 spiro atoms. The van der Waals surface area contributed by atoms with Crippen molar-refractivity contribution in [2.24, 2.45) is 0 Å². The summed E-state index contributed by atoms with van der Waals surface area (Å²) in [5, 5.41) is 19.8. The third kappa shape index (κ3) is 2.23. The van der Waals surface area contributed by atoms with Gasteiger partial charge in [0, 0.05) is 24.1 Å². The lowest BCUT2D eigenvalue weighted by atomic mass is 10.1. The molecule has 0 heterocycles. The Morgan fingerprint density at radius 3 is 2.86 bits per heavy atom. The van der Waals surface area contributed by atoms with Gasteiger partial charge >= 0.3 is 0 Å². The topological polar surface area (TPSA) is 63.4 Å². The zero-order chi connectivity index (χ0) is 10.6. The Hall–Kier alpha value is -2.02. The minimum absolute atomic E-state index is 0.0326. The van der Waals surface area contributed by atoms with Crippen LogP contribution in [0.2, 0.25) is 0 Å². The number of benzene rings is 1. The zero-order valence-corrected chi connectivity index (χ0v) is 7.43. The first-order valence-corrected chi connectivity index (χ1v) is 4.05. The molecule has 0 aliphatic heterocycles. The first kappa shape index (κ1) is 10.1. The van der Waals surface area contributed by atoms with Gasteiger partial charge in [0.1, 0.15) is 5.75 Å². The van der Waals surface area contributed by atoms with Crippen LogP contribution in [0.5, 0.6) is 5.75 Å². The summed E-state index contributed by atoms with van der Waals surface area (Å²) in [6.45, 7) is 0. The van der Waals surface area contributed by atoms with Gasteiger partial charge in [0.05, 0.1) is 4.92 Å². The van der Waals surface area contributed by atoms with E-state index in [1.54, 1.807) is 0 Å². The molecule has 1 N–H and O–H groups in total. The number of nitro groups is 1. The number of terminal acetylenes is 1. The van der Waals surface area contributed by atoms with Crippen molar-refractivity contribution in [2.45, 2.75) is 12.8 Å². The molecule has 1 aromatic rings. The van der Waals surface area contributed by atoms with Gasteiger partial charge in [0.2, 0.25) is 0 Å². The maximum absolute atomic E-state index is 10.4. The highest BCUT2D eigenvalue weighted by Gasteiger charge is 2.09. The second-order valence-electron chi connectivity index (χ2n) is 2.77. The van der Waals surface area contributed by atoms with Crippen LogP contribution in [0.4, 0.5) is 5.69 Å². The summed E-state index contributed by atoms with van der Waals surface area (Å²) in [7, 11) is 0. The van der Waals surface area contributed by atoms with Crippen LogP contribution in [-0.4, -0.2) is 10.0 Å². The summed E-state index contributed by atoms with van der Waals surface area (Å²) in [5.41, 5.74) is 0.479. The van der Waals surface area contributed by atoms with Gasteiger partial charge < -0.3 is 5.11 Å². The number of rotatable bonds is 3. The number of non-ortho nitro benzene ring substituents is 1. The highest BCUT2D eigenvalue weighted by atomic mass is 16.6. The van der Waals surface area contributed by atoms with Gasteiger partial charge in [-0.25, -0.2) is 0 Å². The summed E-state index contributed by atoms with van der Waals surface area (Å²) in [5.74, 6) is 2.46. The smallest absolute Gasteiger partial charge is 0.269 e. The second kappa shape index (κ2) is 4.28. The zero-order valence-electron chi connectivity index (χ0n) is 7.43. The molecule has 4 heteroatoms. The minimum atomic E-state index is -0.501. The van der Waals surface area contributed by atoms with Crippen molar-refractivity contribution in [3.8, 4) is 18.1 Å². The fraction of sp³-hybridized carbons (Fsp3) is 0.200. The van der Waals surface area contributed by atoms with Crippen molar-refractivity contribution in [3.63, 3.8) is 0 Å². The summed E-state index contributed by atoms with van der Waals surface area (Å²) < 4.78 is 0. The number of hydrogen-bond donors (Lipinski definition) is 1. The highest BCUT2D eigenvalue weighted by Crippen LogP contribution is 2.23. The largest absolute Gasteiger partial charge is 0.508 e. The molecule has 0 aliphatic rings. The number of aryl methyl sites for hydroxylation is 1. The number of hydrogen-bond acceptors (Lipinski definition) is 3. The van der Waals surface area contributed by atoms with Gasteiger partial charge in [-0.1, -0.05) is 0 Å². The van der Waals surface area contributed by atoms with Crippen molar-refractivity contribution < 1.29 is 10.0 Å². The number of phenolic OH excluding ortho intramolecular Hbond substituents is 1. The van der Waals surface area contributed by atoms with Crippen LogP contribution < -0.4 is 0 Å². The Bertz CT molecular complexity index is 393. The summed E-state index contributed by atoms with van der Waals surface area (Å²) >= 11 is 0. The molecule has 0 aliphatic carbocycles. The molecule has 0 unspecified atom stereocenters. The molecule has 4 nitrogen and oxygen atoms in total. The first-order chi connectivity index (χ1) is 6.65. The lowest BCUT2D eigenvalue weighted by molar-refractivity contribution is -0.384. The third-order valence-electron chi connectivity index (χ3n) is 1.81. The van der Waals surface area contributed by atoms with Crippen LogP contribution in [0.25, 0.3) is 0 Å². The van der Waals surface area contributed by atoms with E-state index in [2.05, 4.69) is 5.92 Å². The van der Waals surface area contributed by atoms with Crippen LogP contribution in [0.15, 0.2) is 18.2 Å². The van der Waals surface area contributed by atoms with Crippen molar-refractivity contribution in [3.05, 3.63) is 33.9 Å². The predicted octanol–water partition coefficient (Wildman–Crippen LogP) is 1.87. The van der Waals surface area contributed by atoms with Crippen molar-refractivity contribution in [1.29, 1.82) is 0 Å². The second-order valence-corrected chi connectivity index (χ2v) is 2.77. The Balaban J connectivity index is 2.97. The standard InChI is InChI=1S/C10H9NO3/c1-2-3-4-8-7-9(11(13)14)5-6-10(8)12/h1,5-7,12H,3-4H2. The van der Waals surface area contributed by atoms with Gasteiger partial charge in [-0.3, -0.25) is 10.1 Å². The van der Waals surface area contributed by atoms with Crippen molar-refractivity contribution in [1.82, 2.24) is 0 Å². The SMILES string of the molecule is C#CCCc1cc([N+](=O)[O-])ccc1O. The maximum Gasteiger partial charge on any atom is 0.269 e. The highest BCUT2D eigenvalue weighted by molar-refractivity contribution is 5.43. The molecule has 0 atom stereocenters. The summed E-state index contributed by atoms with van der Waals surface area (Å²) in [6, 6.07) is 3.91. The van der Waals surface area contributed by atoms with E-state index >= 15 is 0 Å². The van der Waals surface area contributed by atoms with E-state index in [1.807, 2.05) is 0 Å². The fourth-order valence-electron chi connectivity index (χ4n) is 1.09. The summed E-state index contributed by atoms with van der Waals surface area (Å²) in [6.07, 6.45) is 5.96. The predicted molar refractivity (Wildman–Crippen MR) is 51.9 cm³/mol. The maximum atomic E-state index is 10.4. The van der Waals surface area contributed by atoms with E-state index in [4.69, 9.17) is 6.42 Å². The van der Waals surface area contributed by atoms with E-state index in [1.165, 1.54) is 18.2 Å². The quantitative estimate of drug-likeness (QED) is 0.450. The molecule has 0 fully saturated rings. The Labute approximate surface area is 81.3 Å². The van der Waals surface area contributed by atoms with Crippen LogP contribution in [0.1, 0.15) is 12.0 Å². The molecule has 1 rings (SSSR count). The van der Waals surface area contributed by atoms with E-state index in [0.29, 0.717) is 18.4 Å². The van der Waals surface area contributed by atoms with E-state index in [0.717, 1.165) is 0 Å². The Morgan fingerprint density at radius 1 is 1.57 bits per heavy atom. The Kier molecular flexibility index (Phi) is 3.08. The molecule has 1 aromatic carbocycles. The fourth-order valence-corrected chi connectivity index (χ4v) is 1.09. The molecular formula is C10H9NO3. The number of phenols is 1. The first-order valence-electron chi connectivity index (χ1n) is 4.05. The average molecular weight is 191 g/mol. The lowest BCUT2D eigenvalue weighted by Crippen LogP contribution is -1.91. The summed E-state index contributed by atoms with van der Waals surface area (Å²) in [4.78, 5) is 9.92. The number of nitrogens with zero attached hydrogens (tertiary/aromatic N) is 1. The third-order valence-corrected chi connectivity index (χ3v) is 1.81. The van der Waals surface area contributed by atoms with Gasteiger partial charge in [0.25, 0.3) is 5.69 Å². The van der Waals surface area contributed by atoms with Gasteiger partial charge in [0.15, 0.2) is 0 Å². The molecule has 72 valence electrons. The molecule has 0 bridgehead atoms. The number of nitro benzene ring substituents is 1. The monoisotopic (exact) mass is 191 g/mol. The molecule has 0 saturated carbocycles. The van der Waals surface area contributed by atoms with Crippen molar-refractivity contribution in [2.75, 3.05) is 0 Å². The Morgan fingerprint density at radius 2 is 2.29 bits per heavy atom. The van der Waals surface area contributed by atoms with Crippen LogP contribution in [0, 0.1) is 22.5 Å². The average Bonchev–Trinajstić information content (AvgIpc) is 2.16. The van der Waals surface area contributed by atoms with E-state index < -0.39 is 4.92 Å². The normalized spacial score (nSPS) is 9.36. The van der Waals surface area contributed by atoms with Gasteiger partial charge in [-0.2, -0.15) is 0 Å². The molecule has 0 aromatic heterocycles. The number of aromatic hydroxyl groups is 1. The molecule has 0 saturated heterocycles. The van der Waals surface area contributed by atoms with Crippen LogP contribution >= 0.6 is 0 Å². The van der Waals surface area contributed by atoms with Gasteiger partial charge in [-0.15, -0.1) is 12.3 Å². The molecule has 14 heavy (non-hydrogen) atoms. The molecular weight excluding hydrogens is 182 g/mol. The molecule has 0 radical (unpaired) electrons. The minimum Gasteiger partial charge on any atom is -0.508 e.